The second-order valence-corrected chi connectivity index (χ2v) is 6.79. The molecule has 0 radical (unpaired) electrons. The average molecular weight is 388 g/mol. The summed E-state index contributed by atoms with van der Waals surface area (Å²) in [5, 5.41) is 6.20. The van der Waals surface area contributed by atoms with Crippen molar-refractivity contribution in [1.29, 1.82) is 0 Å². The van der Waals surface area contributed by atoms with E-state index in [0.717, 1.165) is 11.4 Å². The fraction of sp³-hybridized carbons (Fsp3) is 0.300. The topological polar surface area (TPSA) is 70.7 Å². The lowest BCUT2D eigenvalue weighted by molar-refractivity contribution is -0.117. The Hall–Kier alpha value is -2.73. The summed E-state index contributed by atoms with van der Waals surface area (Å²) in [6, 6.07) is 16.4. The van der Waals surface area contributed by atoms with Gasteiger partial charge in [0.05, 0.1) is 6.54 Å². The number of ether oxygens (including phenoxy) is 1. The van der Waals surface area contributed by atoms with Crippen molar-refractivity contribution < 1.29 is 14.3 Å². The first-order valence-electron chi connectivity index (χ1n) is 8.87. The lowest BCUT2D eigenvalue weighted by Gasteiger charge is -2.17. The summed E-state index contributed by atoms with van der Waals surface area (Å²) in [5.74, 6) is 0.909. The molecule has 1 unspecified atom stereocenters. The van der Waals surface area contributed by atoms with Crippen molar-refractivity contribution in [2.45, 2.75) is 6.42 Å². The van der Waals surface area contributed by atoms with E-state index in [-0.39, 0.29) is 17.9 Å². The molecule has 1 fully saturated rings. The van der Waals surface area contributed by atoms with Crippen molar-refractivity contribution in [3.63, 3.8) is 0 Å². The minimum absolute atomic E-state index is 0.0563. The molecule has 2 aromatic carbocycles. The Morgan fingerprint density at radius 1 is 1.11 bits per heavy atom. The van der Waals surface area contributed by atoms with Crippen LogP contribution >= 0.6 is 11.6 Å². The molecule has 142 valence electrons. The monoisotopic (exact) mass is 387 g/mol. The smallest absolute Gasteiger partial charge is 0.314 e. The number of nitrogens with one attached hydrogen (secondary N) is 2. The molecule has 0 aliphatic carbocycles. The number of hydrogen-bond acceptors (Lipinski definition) is 3. The Kier molecular flexibility index (Phi) is 6.54. The van der Waals surface area contributed by atoms with Gasteiger partial charge in [0, 0.05) is 36.1 Å². The number of nitrogens with zero attached hydrogens (tertiary/aromatic N) is 1. The third-order valence-electron chi connectivity index (χ3n) is 4.29. The molecular formula is C20H22ClN3O3. The third kappa shape index (κ3) is 5.62. The molecule has 7 heteroatoms. The van der Waals surface area contributed by atoms with Gasteiger partial charge in [-0.05, 0) is 36.4 Å². The quantitative estimate of drug-likeness (QED) is 0.717. The van der Waals surface area contributed by atoms with E-state index in [1.807, 2.05) is 42.5 Å². The fourth-order valence-corrected chi connectivity index (χ4v) is 3.06. The van der Waals surface area contributed by atoms with E-state index in [4.69, 9.17) is 16.3 Å². The first-order valence-corrected chi connectivity index (χ1v) is 9.25. The SMILES string of the molecule is O=C(NCCOc1ccccc1)NCC1CC(=O)N(c2ccc(Cl)cc2)C1. The standard InChI is InChI=1S/C20H22ClN3O3/c21-16-6-8-17(9-7-16)24-14-15(12-19(24)25)13-23-20(26)22-10-11-27-18-4-2-1-3-5-18/h1-9,15H,10-14H2,(H2,22,23,26). The van der Waals surface area contributed by atoms with Gasteiger partial charge >= 0.3 is 6.03 Å². The molecule has 0 spiro atoms. The lowest BCUT2D eigenvalue weighted by Crippen LogP contribution is -2.40. The second-order valence-electron chi connectivity index (χ2n) is 6.35. The fourth-order valence-electron chi connectivity index (χ4n) is 2.94. The maximum Gasteiger partial charge on any atom is 0.314 e. The normalized spacial score (nSPS) is 16.3. The highest BCUT2D eigenvalue weighted by Gasteiger charge is 2.30. The van der Waals surface area contributed by atoms with Gasteiger partial charge in [0.1, 0.15) is 12.4 Å². The molecule has 1 atom stereocenters. The Labute approximate surface area is 163 Å². The summed E-state index contributed by atoms with van der Waals surface area (Å²) in [4.78, 5) is 25.8. The van der Waals surface area contributed by atoms with Gasteiger partial charge in [0.15, 0.2) is 0 Å². The molecule has 1 aliphatic heterocycles. The zero-order valence-electron chi connectivity index (χ0n) is 14.9. The van der Waals surface area contributed by atoms with Crippen molar-refractivity contribution >= 4 is 29.2 Å². The lowest BCUT2D eigenvalue weighted by atomic mass is 10.1. The molecule has 1 saturated heterocycles. The van der Waals surface area contributed by atoms with Gasteiger partial charge < -0.3 is 20.3 Å². The molecule has 6 nitrogen and oxygen atoms in total. The number of benzene rings is 2. The zero-order valence-corrected chi connectivity index (χ0v) is 15.6. The number of para-hydroxylation sites is 1. The van der Waals surface area contributed by atoms with E-state index < -0.39 is 0 Å². The van der Waals surface area contributed by atoms with Gasteiger partial charge in [-0.1, -0.05) is 29.8 Å². The number of anilines is 1. The van der Waals surface area contributed by atoms with Gasteiger partial charge in [-0.2, -0.15) is 0 Å². The predicted octanol–water partition coefficient (Wildman–Crippen LogP) is 3.07. The van der Waals surface area contributed by atoms with Crippen LogP contribution in [0.2, 0.25) is 5.02 Å². The number of carbonyl (C=O) groups is 2. The molecule has 1 heterocycles. The highest BCUT2D eigenvalue weighted by Crippen LogP contribution is 2.25. The molecule has 2 aromatic rings. The van der Waals surface area contributed by atoms with Crippen LogP contribution in [0.3, 0.4) is 0 Å². The highest BCUT2D eigenvalue weighted by atomic mass is 35.5. The van der Waals surface area contributed by atoms with Crippen LogP contribution in [-0.4, -0.2) is 38.2 Å². The van der Waals surface area contributed by atoms with E-state index in [9.17, 15) is 9.59 Å². The van der Waals surface area contributed by atoms with Crippen LogP contribution in [0.4, 0.5) is 10.5 Å². The van der Waals surface area contributed by atoms with E-state index >= 15 is 0 Å². The van der Waals surface area contributed by atoms with Crippen molar-refractivity contribution in [3.8, 4) is 5.75 Å². The number of urea groups is 1. The van der Waals surface area contributed by atoms with Crippen LogP contribution in [0.5, 0.6) is 5.75 Å². The zero-order chi connectivity index (χ0) is 19.1. The van der Waals surface area contributed by atoms with Gasteiger partial charge in [-0.15, -0.1) is 0 Å². The molecule has 0 aromatic heterocycles. The molecule has 0 saturated carbocycles. The largest absolute Gasteiger partial charge is 0.492 e. The van der Waals surface area contributed by atoms with Crippen LogP contribution in [0.15, 0.2) is 54.6 Å². The van der Waals surface area contributed by atoms with E-state index in [0.29, 0.717) is 37.7 Å². The molecule has 1 aliphatic rings. The minimum atomic E-state index is -0.260. The molecule has 27 heavy (non-hydrogen) atoms. The van der Waals surface area contributed by atoms with Crippen molar-refractivity contribution in [1.82, 2.24) is 10.6 Å². The van der Waals surface area contributed by atoms with Crippen molar-refractivity contribution in [2.24, 2.45) is 5.92 Å². The van der Waals surface area contributed by atoms with Crippen LogP contribution < -0.4 is 20.3 Å². The number of amides is 3. The predicted molar refractivity (Wildman–Crippen MR) is 105 cm³/mol. The van der Waals surface area contributed by atoms with E-state index in [1.54, 1.807) is 17.0 Å². The van der Waals surface area contributed by atoms with Gasteiger partial charge in [0.2, 0.25) is 5.91 Å². The molecule has 3 rings (SSSR count). The van der Waals surface area contributed by atoms with E-state index in [2.05, 4.69) is 10.6 Å². The van der Waals surface area contributed by atoms with Gasteiger partial charge in [-0.25, -0.2) is 4.79 Å². The summed E-state index contributed by atoms with van der Waals surface area (Å²) in [5.41, 5.74) is 0.828. The van der Waals surface area contributed by atoms with Crippen molar-refractivity contribution in [2.75, 3.05) is 31.1 Å². The number of rotatable bonds is 7. The Balaban J connectivity index is 1.35. The summed E-state index contributed by atoms with van der Waals surface area (Å²) < 4.78 is 5.52. The van der Waals surface area contributed by atoms with Crippen LogP contribution in [-0.2, 0) is 4.79 Å². The van der Waals surface area contributed by atoms with Gasteiger partial charge in [0.25, 0.3) is 0 Å². The van der Waals surface area contributed by atoms with Crippen LogP contribution in [0, 0.1) is 5.92 Å². The highest BCUT2D eigenvalue weighted by molar-refractivity contribution is 6.30. The molecule has 2 N–H and O–H groups in total. The first-order chi connectivity index (χ1) is 13.1. The molecule has 3 amide bonds. The Morgan fingerprint density at radius 3 is 2.59 bits per heavy atom. The summed E-state index contributed by atoms with van der Waals surface area (Å²) in [7, 11) is 0. The van der Waals surface area contributed by atoms with E-state index in [1.165, 1.54) is 0 Å². The number of carbonyl (C=O) groups excluding carboxylic acids is 2. The summed E-state index contributed by atoms with van der Waals surface area (Å²) in [6.45, 7) is 1.82. The first kappa shape index (κ1) is 19.0. The third-order valence-corrected chi connectivity index (χ3v) is 4.55. The van der Waals surface area contributed by atoms with Crippen LogP contribution in [0.25, 0.3) is 0 Å². The van der Waals surface area contributed by atoms with Gasteiger partial charge in [-0.3, -0.25) is 4.79 Å². The van der Waals surface area contributed by atoms with Crippen LogP contribution in [0.1, 0.15) is 6.42 Å². The number of hydrogen-bond donors (Lipinski definition) is 2. The Morgan fingerprint density at radius 2 is 1.85 bits per heavy atom. The maximum atomic E-state index is 12.2. The Bertz CT molecular complexity index is 768. The maximum absolute atomic E-state index is 12.2. The number of halogens is 1. The summed E-state index contributed by atoms with van der Waals surface area (Å²) >= 11 is 5.89. The molecular weight excluding hydrogens is 366 g/mol. The molecule has 0 bridgehead atoms. The average Bonchev–Trinajstić information content (AvgIpc) is 3.06. The second kappa shape index (κ2) is 9.28. The van der Waals surface area contributed by atoms with Crippen molar-refractivity contribution in [3.05, 3.63) is 59.6 Å². The minimum Gasteiger partial charge on any atom is -0.492 e. The summed E-state index contributed by atoms with van der Waals surface area (Å²) in [6.07, 6.45) is 0.417.